The lowest BCUT2D eigenvalue weighted by molar-refractivity contribution is -0.115. The van der Waals surface area contributed by atoms with Crippen molar-refractivity contribution in [3.63, 3.8) is 0 Å². The van der Waals surface area contributed by atoms with Gasteiger partial charge < -0.3 is 20.5 Å². The lowest BCUT2D eigenvalue weighted by Crippen LogP contribution is -2.31. The Kier molecular flexibility index (Phi) is 5.82. The first-order chi connectivity index (χ1) is 12.6. The summed E-state index contributed by atoms with van der Waals surface area (Å²) in [4.78, 5) is 25.1. The fourth-order valence-corrected chi connectivity index (χ4v) is 4.13. The third kappa shape index (κ3) is 4.18. The van der Waals surface area contributed by atoms with Crippen LogP contribution in [0.1, 0.15) is 11.8 Å². The van der Waals surface area contributed by atoms with Crippen molar-refractivity contribution in [1.29, 1.82) is 0 Å². The number of hydrogen-bond acceptors (Lipinski definition) is 7. The van der Waals surface area contributed by atoms with Crippen molar-refractivity contribution in [2.24, 2.45) is 0 Å². The van der Waals surface area contributed by atoms with Crippen LogP contribution in [0.5, 0.6) is 0 Å². The number of thioether (sulfide) groups is 1. The van der Waals surface area contributed by atoms with E-state index in [0.29, 0.717) is 10.6 Å². The van der Waals surface area contributed by atoms with E-state index in [1.165, 1.54) is 29.2 Å². The van der Waals surface area contributed by atoms with Crippen molar-refractivity contribution >= 4 is 45.8 Å². The van der Waals surface area contributed by atoms with Crippen LogP contribution in [-0.4, -0.2) is 29.1 Å². The molecule has 2 unspecified atom stereocenters. The van der Waals surface area contributed by atoms with Gasteiger partial charge in [-0.1, -0.05) is 36.5 Å². The Morgan fingerprint density at radius 2 is 2.19 bits per heavy atom. The van der Waals surface area contributed by atoms with Gasteiger partial charge in [0.15, 0.2) is 11.6 Å². The van der Waals surface area contributed by atoms with Crippen LogP contribution >= 0.6 is 23.1 Å². The summed E-state index contributed by atoms with van der Waals surface area (Å²) in [6, 6.07) is 9.30. The smallest absolute Gasteiger partial charge is 0.409 e. The number of aliphatic hydroxyl groups is 1. The summed E-state index contributed by atoms with van der Waals surface area (Å²) in [6.07, 6.45) is -0.647. The van der Waals surface area contributed by atoms with Gasteiger partial charge in [-0.3, -0.25) is 10.1 Å². The molecule has 0 spiro atoms. The zero-order valence-corrected chi connectivity index (χ0v) is 15.2. The zero-order chi connectivity index (χ0) is 18.5. The molecule has 0 fully saturated rings. The molecule has 0 saturated heterocycles. The zero-order valence-electron chi connectivity index (χ0n) is 13.6. The molecule has 0 saturated carbocycles. The Morgan fingerprint density at radius 1 is 1.38 bits per heavy atom. The Hall–Kier alpha value is -2.49. The van der Waals surface area contributed by atoms with Gasteiger partial charge in [0.2, 0.25) is 0 Å². The molecule has 2 atom stereocenters. The molecule has 0 bridgehead atoms. The van der Waals surface area contributed by atoms with E-state index >= 15 is 0 Å². The van der Waals surface area contributed by atoms with Gasteiger partial charge in [0.1, 0.15) is 11.6 Å². The van der Waals surface area contributed by atoms with Crippen LogP contribution in [0.2, 0.25) is 0 Å². The summed E-state index contributed by atoms with van der Waals surface area (Å²) in [7, 11) is 0. The van der Waals surface area contributed by atoms with Gasteiger partial charge in [-0.15, -0.1) is 11.3 Å². The number of para-hydroxylation sites is 1. The van der Waals surface area contributed by atoms with Crippen molar-refractivity contribution in [2.45, 2.75) is 16.5 Å². The number of amides is 2. The van der Waals surface area contributed by atoms with E-state index in [9.17, 15) is 14.7 Å². The highest BCUT2D eigenvalue weighted by atomic mass is 32.2. The quantitative estimate of drug-likeness (QED) is 0.446. The van der Waals surface area contributed by atoms with Gasteiger partial charge in [0, 0.05) is 16.1 Å². The molecule has 4 N–H and O–H groups in total. The number of carbonyl (C=O) groups is 2. The second kappa shape index (κ2) is 8.26. The average Bonchev–Trinajstić information content (AvgIpc) is 3.26. The van der Waals surface area contributed by atoms with E-state index < -0.39 is 17.7 Å². The van der Waals surface area contributed by atoms with Crippen LogP contribution in [0.3, 0.4) is 0 Å². The molecule has 1 aliphatic rings. The monoisotopic (exact) mass is 391 g/mol. The first-order valence-corrected chi connectivity index (χ1v) is 9.47. The van der Waals surface area contributed by atoms with E-state index in [1.807, 2.05) is 24.3 Å². The molecule has 9 heteroatoms. The van der Waals surface area contributed by atoms with Gasteiger partial charge >= 0.3 is 6.09 Å². The molecule has 1 aromatic heterocycles. The molecule has 3 rings (SSSR count). The minimum atomic E-state index is -1.30. The third-order valence-corrected chi connectivity index (χ3v) is 5.49. The highest BCUT2D eigenvalue weighted by molar-refractivity contribution is 8.01. The molecule has 0 aliphatic carbocycles. The van der Waals surface area contributed by atoms with E-state index in [-0.39, 0.29) is 12.5 Å². The maximum absolute atomic E-state index is 12.5. The van der Waals surface area contributed by atoms with Crippen LogP contribution in [0.25, 0.3) is 0 Å². The van der Waals surface area contributed by atoms with Crippen LogP contribution in [0, 0.1) is 0 Å². The van der Waals surface area contributed by atoms with Gasteiger partial charge in [0.25, 0.3) is 5.91 Å². The first kappa shape index (κ1) is 18.3. The number of benzene rings is 1. The number of hydrogen-bond donors (Lipinski definition) is 4. The summed E-state index contributed by atoms with van der Waals surface area (Å²) < 4.78 is 4.77. The number of rotatable bonds is 6. The van der Waals surface area contributed by atoms with E-state index in [2.05, 4.69) is 22.5 Å². The third-order valence-electron chi connectivity index (χ3n) is 3.47. The average molecular weight is 391 g/mol. The van der Waals surface area contributed by atoms with Gasteiger partial charge in [0.05, 0.1) is 0 Å². The van der Waals surface area contributed by atoms with Crippen LogP contribution in [0.15, 0.2) is 53.3 Å². The largest absolute Gasteiger partial charge is 0.445 e. The van der Waals surface area contributed by atoms with Crippen molar-refractivity contribution in [3.8, 4) is 0 Å². The highest BCUT2D eigenvalue weighted by Gasteiger charge is 2.28. The molecule has 1 aromatic carbocycles. The number of aliphatic hydroxyl groups excluding tert-OH is 1. The minimum Gasteiger partial charge on any atom is -0.445 e. The molecule has 2 heterocycles. The first-order valence-electron chi connectivity index (χ1n) is 7.71. The molecular formula is C17H17N3O4S2. The predicted molar refractivity (Wildman–Crippen MR) is 102 cm³/mol. The van der Waals surface area contributed by atoms with Crippen molar-refractivity contribution in [2.75, 3.05) is 17.2 Å². The summed E-state index contributed by atoms with van der Waals surface area (Å²) >= 11 is 2.68. The summed E-state index contributed by atoms with van der Waals surface area (Å²) in [5, 5.41) is 20.1. The fraction of sp³-hybridized carbons (Fsp3) is 0.176. The molecule has 136 valence electrons. The standard InChI is InChI=1S/C17H17N3O4S2/c1-2-8-24-17(23)20-13(21)10-7-9-25-15(10)19-14(22)16-18-11-5-3-4-6-12(11)26-16/h2-7,9,13,16,18,21H,1,8H2,(H,19,22)(H,20,23). The SMILES string of the molecule is C=CCOC(=O)NC(O)c1ccsc1NC(=O)C1Nc2ccccc2S1. The lowest BCUT2D eigenvalue weighted by Gasteiger charge is -2.15. The lowest BCUT2D eigenvalue weighted by atomic mass is 10.3. The summed E-state index contributed by atoms with van der Waals surface area (Å²) in [6.45, 7) is 3.48. The number of carbonyl (C=O) groups excluding carboxylic acids is 2. The van der Waals surface area contributed by atoms with Gasteiger partial charge in [-0.25, -0.2) is 4.79 Å². The predicted octanol–water partition coefficient (Wildman–Crippen LogP) is 3.13. The molecule has 26 heavy (non-hydrogen) atoms. The molecule has 0 radical (unpaired) electrons. The van der Waals surface area contributed by atoms with Crippen molar-refractivity contribution in [1.82, 2.24) is 5.32 Å². The Morgan fingerprint density at radius 3 is 2.96 bits per heavy atom. The second-order valence-electron chi connectivity index (χ2n) is 5.27. The number of nitrogens with one attached hydrogen (secondary N) is 3. The number of thiophene rings is 1. The number of alkyl carbamates (subject to hydrolysis) is 1. The Bertz CT molecular complexity index is 799. The van der Waals surface area contributed by atoms with Crippen molar-refractivity contribution < 1.29 is 19.4 Å². The number of ether oxygens (including phenoxy) is 1. The maximum Gasteiger partial charge on any atom is 0.409 e. The number of fused-ring (bicyclic) bond motifs is 1. The minimum absolute atomic E-state index is 0.0386. The highest BCUT2D eigenvalue weighted by Crippen LogP contribution is 2.39. The summed E-state index contributed by atoms with van der Waals surface area (Å²) in [5.74, 6) is -0.240. The topological polar surface area (TPSA) is 99.7 Å². The van der Waals surface area contributed by atoms with Crippen LogP contribution in [0.4, 0.5) is 15.5 Å². The van der Waals surface area contributed by atoms with Crippen LogP contribution in [-0.2, 0) is 9.53 Å². The van der Waals surface area contributed by atoms with E-state index in [0.717, 1.165) is 10.6 Å². The normalized spacial score (nSPS) is 16.1. The molecule has 2 amide bonds. The fourth-order valence-electron chi connectivity index (χ4n) is 2.28. The van der Waals surface area contributed by atoms with Gasteiger partial charge in [-0.2, -0.15) is 0 Å². The molecular weight excluding hydrogens is 374 g/mol. The molecule has 1 aliphatic heterocycles. The van der Waals surface area contributed by atoms with Crippen LogP contribution < -0.4 is 16.0 Å². The van der Waals surface area contributed by atoms with E-state index in [4.69, 9.17) is 4.74 Å². The Labute approximate surface area is 158 Å². The Balaban J connectivity index is 1.61. The maximum atomic E-state index is 12.5. The molecule has 7 nitrogen and oxygen atoms in total. The van der Waals surface area contributed by atoms with Gasteiger partial charge in [-0.05, 0) is 23.6 Å². The molecule has 2 aromatic rings. The number of anilines is 2. The second-order valence-corrected chi connectivity index (χ2v) is 7.33. The van der Waals surface area contributed by atoms with Crippen molar-refractivity contribution in [3.05, 3.63) is 53.9 Å². The van der Waals surface area contributed by atoms with E-state index in [1.54, 1.807) is 11.4 Å². The summed E-state index contributed by atoms with van der Waals surface area (Å²) in [5.41, 5.74) is 1.30.